The van der Waals surface area contributed by atoms with Crippen molar-refractivity contribution in [2.24, 2.45) is 0 Å². The van der Waals surface area contributed by atoms with E-state index < -0.39 is 43.8 Å². The molecular formula is C35H42N4O10S2. The van der Waals surface area contributed by atoms with Crippen LogP contribution in [0.1, 0.15) is 17.5 Å². The minimum absolute atomic E-state index is 0.262. The van der Waals surface area contributed by atoms with Crippen molar-refractivity contribution in [1.29, 1.82) is 0 Å². The van der Waals surface area contributed by atoms with Gasteiger partial charge in [-0.2, -0.15) is 16.8 Å². The number of methoxy groups -OCH3 is 4. The lowest BCUT2D eigenvalue weighted by atomic mass is 10.0. The zero-order valence-electron chi connectivity index (χ0n) is 29.2. The number of hydrogen-bond acceptors (Lipinski definition) is 12. The summed E-state index contributed by atoms with van der Waals surface area (Å²) in [6.45, 7) is 4.29. The largest absolute Gasteiger partial charge is 0.496 e. The van der Waals surface area contributed by atoms with Crippen molar-refractivity contribution in [3.8, 4) is 45.3 Å². The highest BCUT2D eigenvalue weighted by molar-refractivity contribution is 7.86. The Bertz CT molecular complexity index is 1880. The van der Waals surface area contributed by atoms with Crippen LogP contribution in [0.5, 0.6) is 23.0 Å². The highest BCUT2D eigenvalue weighted by Crippen LogP contribution is 2.37. The molecule has 0 saturated carbocycles. The minimum Gasteiger partial charge on any atom is -0.496 e. The summed E-state index contributed by atoms with van der Waals surface area (Å²) in [5.41, 5.74) is 4.65. The maximum Gasteiger partial charge on any atom is 0.266 e. The Morgan fingerprint density at radius 2 is 0.941 bits per heavy atom. The first-order valence-electron chi connectivity index (χ1n) is 16.0. The van der Waals surface area contributed by atoms with E-state index in [0.29, 0.717) is 41.1 Å². The van der Waals surface area contributed by atoms with Gasteiger partial charge in [0.25, 0.3) is 20.2 Å². The molecular weight excluding hydrogens is 701 g/mol. The molecule has 1 aliphatic heterocycles. The Kier molecular flexibility index (Phi) is 11.3. The van der Waals surface area contributed by atoms with Crippen molar-refractivity contribution in [3.05, 3.63) is 72.1 Å². The summed E-state index contributed by atoms with van der Waals surface area (Å²) in [5, 5.41) is 0. The van der Waals surface area contributed by atoms with Crippen LogP contribution in [0.15, 0.2) is 60.9 Å². The first-order chi connectivity index (χ1) is 24.2. The fraction of sp³-hybridized carbons (Fsp3) is 0.371. The van der Waals surface area contributed by atoms with Gasteiger partial charge in [0.2, 0.25) is 0 Å². The summed E-state index contributed by atoms with van der Waals surface area (Å²) in [6.07, 6.45) is 3.66. The maximum atomic E-state index is 12.5. The van der Waals surface area contributed by atoms with E-state index in [1.807, 2.05) is 38.1 Å². The topological polar surface area (TPSA) is 178 Å². The summed E-state index contributed by atoms with van der Waals surface area (Å²) in [7, 11) is -3.03. The number of pyridine rings is 2. The fourth-order valence-electron chi connectivity index (χ4n) is 6.52. The van der Waals surface area contributed by atoms with Crippen molar-refractivity contribution in [1.82, 2.24) is 9.97 Å². The van der Waals surface area contributed by atoms with Gasteiger partial charge < -0.3 is 28.7 Å². The summed E-state index contributed by atoms with van der Waals surface area (Å²) in [4.78, 5) is 12.6. The second kappa shape index (κ2) is 15.3. The van der Waals surface area contributed by atoms with Gasteiger partial charge in [-0.25, -0.2) is 9.97 Å². The molecule has 51 heavy (non-hydrogen) atoms. The predicted octanol–water partition coefficient (Wildman–Crippen LogP) is 4.69. The number of nitrogens with zero attached hydrogens (tertiary/aromatic N) is 4. The smallest absolute Gasteiger partial charge is 0.266 e. The van der Waals surface area contributed by atoms with Crippen molar-refractivity contribution in [2.45, 2.75) is 32.4 Å². The van der Waals surface area contributed by atoms with Gasteiger partial charge in [-0.3, -0.25) is 9.11 Å². The summed E-state index contributed by atoms with van der Waals surface area (Å²) >= 11 is 0. The van der Waals surface area contributed by atoms with E-state index in [4.69, 9.17) is 18.9 Å². The van der Waals surface area contributed by atoms with Crippen LogP contribution in [-0.4, -0.2) is 101 Å². The molecule has 2 aromatic carbocycles. The van der Waals surface area contributed by atoms with Crippen LogP contribution < -0.4 is 28.7 Å². The lowest BCUT2D eigenvalue weighted by Gasteiger charge is -2.39. The Morgan fingerprint density at radius 3 is 1.20 bits per heavy atom. The predicted molar refractivity (Wildman–Crippen MR) is 195 cm³/mol. The SMILES string of the molecule is COc1cc(-c2ccc(N3CCCN(c4ccc(-c5cc(OC)c(C)c(OC)c5)cn4)C(CS(=O)(=O)O)C3CS(=O)(=O)O)nc2)cc(OC)c1C. The molecule has 1 saturated heterocycles. The van der Waals surface area contributed by atoms with Gasteiger partial charge in [-0.1, -0.05) is 0 Å². The summed E-state index contributed by atoms with van der Waals surface area (Å²) < 4.78 is 92.2. The highest BCUT2D eigenvalue weighted by Gasteiger charge is 2.41. The highest BCUT2D eigenvalue weighted by atomic mass is 32.2. The molecule has 1 fully saturated rings. The van der Waals surface area contributed by atoms with E-state index in [9.17, 15) is 25.9 Å². The molecule has 2 unspecified atom stereocenters. The Labute approximate surface area is 298 Å². The molecule has 1 aliphatic rings. The monoisotopic (exact) mass is 742 g/mol. The van der Waals surface area contributed by atoms with E-state index in [0.717, 1.165) is 33.4 Å². The number of anilines is 2. The van der Waals surface area contributed by atoms with Crippen LogP contribution in [0.25, 0.3) is 22.3 Å². The zero-order chi connectivity index (χ0) is 37.1. The van der Waals surface area contributed by atoms with Crippen molar-refractivity contribution in [3.63, 3.8) is 0 Å². The van der Waals surface area contributed by atoms with E-state index >= 15 is 0 Å². The van der Waals surface area contributed by atoms with E-state index in [-0.39, 0.29) is 13.1 Å². The Balaban J connectivity index is 1.54. The third-order valence-corrected chi connectivity index (χ3v) is 10.6. The number of ether oxygens (including phenoxy) is 4. The van der Waals surface area contributed by atoms with Crippen LogP contribution in [0.2, 0.25) is 0 Å². The third kappa shape index (κ3) is 8.64. The molecule has 0 aliphatic carbocycles. The zero-order valence-corrected chi connectivity index (χ0v) is 30.9. The van der Waals surface area contributed by atoms with Crippen LogP contribution in [0, 0.1) is 13.8 Å². The fourth-order valence-corrected chi connectivity index (χ4v) is 8.19. The Hall–Kier alpha value is -4.64. The first-order valence-corrected chi connectivity index (χ1v) is 19.2. The number of benzene rings is 2. The average Bonchev–Trinajstić information content (AvgIpc) is 3.26. The van der Waals surface area contributed by atoms with Gasteiger partial charge in [0, 0.05) is 47.7 Å². The standard InChI is InChI=1S/C35H42N4O10S2/c1-22-30(46-3)14-26(15-31(22)47-4)24-8-10-34(36-18-24)38-12-7-13-39(29(21-51(43,44)45)28(38)20-50(40,41)42)35-11-9-25(19-37-35)27-16-32(48-5)23(2)33(17-27)49-6/h8-11,14-19,28-29H,7,12-13,20-21H2,1-6H3,(H,40,41,42)(H,43,44,45). The van der Waals surface area contributed by atoms with Gasteiger partial charge >= 0.3 is 0 Å². The van der Waals surface area contributed by atoms with Gasteiger partial charge in [-0.05, 0) is 79.9 Å². The van der Waals surface area contributed by atoms with Crippen LogP contribution >= 0.6 is 0 Å². The van der Waals surface area contributed by atoms with Crippen molar-refractivity contribution in [2.75, 3.05) is 62.8 Å². The molecule has 3 heterocycles. The Morgan fingerprint density at radius 1 is 0.608 bits per heavy atom. The molecule has 0 radical (unpaired) electrons. The molecule has 2 N–H and O–H groups in total. The van der Waals surface area contributed by atoms with Gasteiger partial charge in [-0.15, -0.1) is 0 Å². The second-order valence-electron chi connectivity index (χ2n) is 12.2. The van der Waals surface area contributed by atoms with Gasteiger partial charge in [0.1, 0.15) is 34.6 Å². The molecule has 0 spiro atoms. The van der Waals surface area contributed by atoms with Crippen LogP contribution in [0.3, 0.4) is 0 Å². The number of aromatic nitrogens is 2. The van der Waals surface area contributed by atoms with Crippen LogP contribution in [-0.2, 0) is 20.2 Å². The molecule has 0 amide bonds. The van der Waals surface area contributed by atoms with Crippen LogP contribution in [0.4, 0.5) is 11.6 Å². The van der Waals surface area contributed by atoms with Gasteiger partial charge in [0.05, 0.1) is 52.0 Å². The first kappa shape index (κ1) is 37.6. The average molecular weight is 743 g/mol. The minimum atomic E-state index is -4.65. The molecule has 2 atom stereocenters. The molecule has 2 aromatic heterocycles. The third-order valence-electron chi connectivity index (χ3n) is 9.06. The second-order valence-corrected chi connectivity index (χ2v) is 15.2. The van der Waals surface area contributed by atoms with Crippen molar-refractivity contribution < 1.29 is 44.9 Å². The normalized spacial score (nSPS) is 16.8. The molecule has 0 bridgehead atoms. The summed E-state index contributed by atoms with van der Waals surface area (Å²) in [5.74, 6) is 1.55. The lowest BCUT2D eigenvalue weighted by Crippen LogP contribution is -2.56. The maximum absolute atomic E-state index is 12.5. The van der Waals surface area contributed by atoms with E-state index in [2.05, 4.69) is 9.97 Å². The molecule has 5 rings (SSSR count). The number of hydrogen-bond donors (Lipinski definition) is 2. The number of rotatable bonds is 12. The summed E-state index contributed by atoms with van der Waals surface area (Å²) in [6, 6.07) is 12.1. The lowest BCUT2D eigenvalue weighted by molar-refractivity contribution is 0.389. The molecule has 16 heteroatoms. The van der Waals surface area contributed by atoms with Gasteiger partial charge in [0.15, 0.2) is 0 Å². The van der Waals surface area contributed by atoms with E-state index in [1.165, 1.54) is 0 Å². The molecule has 274 valence electrons. The quantitative estimate of drug-likeness (QED) is 0.191. The van der Waals surface area contributed by atoms with Crippen molar-refractivity contribution >= 4 is 31.9 Å². The molecule has 4 aromatic rings. The molecule has 14 nitrogen and oxygen atoms in total. The van der Waals surface area contributed by atoms with E-state index in [1.54, 1.807) is 74.9 Å².